The molecule has 0 aliphatic rings. The Balaban J connectivity index is 2.41. The van der Waals surface area contributed by atoms with Gasteiger partial charge in [0.15, 0.2) is 0 Å². The highest BCUT2D eigenvalue weighted by molar-refractivity contribution is 9.10. The number of halogens is 1. The second-order valence-corrected chi connectivity index (χ2v) is 3.67. The van der Waals surface area contributed by atoms with Gasteiger partial charge in [-0.15, -0.1) is 0 Å². The number of furan rings is 1. The minimum absolute atomic E-state index is 0.285. The van der Waals surface area contributed by atoms with Crippen LogP contribution in [0.2, 0.25) is 0 Å². The van der Waals surface area contributed by atoms with Crippen molar-refractivity contribution >= 4 is 21.9 Å². The number of rotatable bonds is 4. The molecule has 0 amide bonds. The molecule has 14 heavy (non-hydrogen) atoms. The molecule has 1 N–H and O–H groups in total. The number of hydrogen-bond donors (Lipinski definition) is 1. The maximum atomic E-state index is 11.0. The van der Waals surface area contributed by atoms with Crippen LogP contribution in [-0.2, 0) is 16.1 Å². The molecule has 1 heterocycles. The number of carbonyl (C=O) groups excluding carboxylic acids is 1. The van der Waals surface area contributed by atoms with E-state index in [-0.39, 0.29) is 12.0 Å². The van der Waals surface area contributed by atoms with E-state index in [1.807, 2.05) is 0 Å². The van der Waals surface area contributed by atoms with E-state index in [4.69, 9.17) is 4.42 Å². The number of hydrogen-bond acceptors (Lipinski definition) is 4. The van der Waals surface area contributed by atoms with E-state index in [0.717, 1.165) is 10.2 Å². The average molecular weight is 262 g/mol. The van der Waals surface area contributed by atoms with Gasteiger partial charge >= 0.3 is 5.97 Å². The Labute approximate surface area is 90.7 Å². The van der Waals surface area contributed by atoms with Crippen molar-refractivity contribution < 1.29 is 13.9 Å². The molecule has 0 aromatic carbocycles. The van der Waals surface area contributed by atoms with Crippen LogP contribution in [0.15, 0.2) is 21.2 Å². The number of esters is 1. The highest BCUT2D eigenvalue weighted by Gasteiger charge is 2.13. The van der Waals surface area contributed by atoms with Crippen LogP contribution < -0.4 is 5.32 Å². The Morgan fingerprint density at radius 2 is 2.50 bits per heavy atom. The first-order chi connectivity index (χ1) is 6.65. The lowest BCUT2D eigenvalue weighted by molar-refractivity contribution is -0.142. The lowest BCUT2D eigenvalue weighted by atomic mass is 10.3. The minimum Gasteiger partial charge on any atom is -0.468 e. The molecular formula is C9H12BrNO3. The molecule has 1 atom stereocenters. The van der Waals surface area contributed by atoms with E-state index in [1.54, 1.807) is 19.3 Å². The third-order valence-electron chi connectivity index (χ3n) is 1.81. The lowest BCUT2D eigenvalue weighted by Gasteiger charge is -2.09. The standard InChI is InChI=1S/C9H12BrNO3/c1-6(9(12)13-2)11-5-8-7(10)3-4-14-8/h3-4,6,11H,5H2,1-2H3/t6-/m0/s1. The van der Waals surface area contributed by atoms with Gasteiger partial charge in [-0.05, 0) is 28.9 Å². The van der Waals surface area contributed by atoms with E-state index < -0.39 is 0 Å². The van der Waals surface area contributed by atoms with Gasteiger partial charge in [0, 0.05) is 0 Å². The molecule has 0 aliphatic carbocycles. The summed E-state index contributed by atoms with van der Waals surface area (Å²) in [6, 6.07) is 1.47. The van der Waals surface area contributed by atoms with Crippen molar-refractivity contribution in [2.75, 3.05) is 7.11 Å². The zero-order valence-electron chi connectivity index (χ0n) is 8.04. The fourth-order valence-corrected chi connectivity index (χ4v) is 1.30. The molecule has 0 unspecified atom stereocenters. The molecule has 4 nitrogen and oxygen atoms in total. The van der Waals surface area contributed by atoms with Gasteiger partial charge in [0.1, 0.15) is 11.8 Å². The molecule has 0 saturated heterocycles. The number of methoxy groups -OCH3 is 1. The number of carbonyl (C=O) groups is 1. The largest absolute Gasteiger partial charge is 0.468 e. The zero-order chi connectivity index (χ0) is 10.6. The predicted molar refractivity (Wildman–Crippen MR) is 54.7 cm³/mol. The Kier molecular flexibility index (Phi) is 4.16. The summed E-state index contributed by atoms with van der Waals surface area (Å²) in [4.78, 5) is 11.0. The fraction of sp³-hybridized carbons (Fsp3) is 0.444. The topological polar surface area (TPSA) is 51.5 Å². The summed E-state index contributed by atoms with van der Waals surface area (Å²) in [5.74, 6) is 0.480. The number of ether oxygens (including phenoxy) is 1. The number of nitrogens with one attached hydrogen (secondary N) is 1. The Morgan fingerprint density at radius 3 is 3.00 bits per heavy atom. The van der Waals surface area contributed by atoms with Crippen LogP contribution in [0.4, 0.5) is 0 Å². The van der Waals surface area contributed by atoms with Crippen molar-refractivity contribution in [3.63, 3.8) is 0 Å². The fourth-order valence-electron chi connectivity index (χ4n) is 0.957. The van der Waals surface area contributed by atoms with Crippen LogP contribution in [0, 0.1) is 0 Å². The van der Waals surface area contributed by atoms with Gasteiger partial charge in [-0.3, -0.25) is 10.1 Å². The summed E-state index contributed by atoms with van der Waals surface area (Å²) < 4.78 is 10.6. The van der Waals surface area contributed by atoms with Crippen LogP contribution >= 0.6 is 15.9 Å². The van der Waals surface area contributed by atoms with E-state index in [1.165, 1.54) is 7.11 Å². The summed E-state index contributed by atoms with van der Waals surface area (Å²) in [7, 11) is 1.36. The first-order valence-corrected chi connectivity index (χ1v) is 4.97. The van der Waals surface area contributed by atoms with Gasteiger partial charge in [-0.2, -0.15) is 0 Å². The highest BCUT2D eigenvalue weighted by Crippen LogP contribution is 2.17. The van der Waals surface area contributed by atoms with Gasteiger partial charge in [0.05, 0.1) is 24.4 Å². The lowest BCUT2D eigenvalue weighted by Crippen LogP contribution is -2.34. The Morgan fingerprint density at radius 1 is 1.79 bits per heavy atom. The smallest absolute Gasteiger partial charge is 0.322 e. The SMILES string of the molecule is COC(=O)[C@H](C)NCc1occc1Br. The van der Waals surface area contributed by atoms with Crippen molar-refractivity contribution in [2.24, 2.45) is 0 Å². The van der Waals surface area contributed by atoms with Crippen LogP contribution in [0.3, 0.4) is 0 Å². The second-order valence-electron chi connectivity index (χ2n) is 2.82. The first-order valence-electron chi connectivity index (χ1n) is 4.18. The Hall–Kier alpha value is -0.810. The minimum atomic E-state index is -0.336. The summed E-state index contributed by atoms with van der Waals surface area (Å²) in [6.07, 6.45) is 1.59. The summed E-state index contributed by atoms with van der Waals surface area (Å²) in [6.45, 7) is 2.23. The predicted octanol–water partition coefficient (Wildman–Crippen LogP) is 1.69. The summed E-state index contributed by atoms with van der Waals surface area (Å²) in [5.41, 5.74) is 0. The van der Waals surface area contributed by atoms with Crippen molar-refractivity contribution in [3.05, 3.63) is 22.6 Å². The molecule has 0 radical (unpaired) electrons. The van der Waals surface area contributed by atoms with Crippen molar-refractivity contribution in [3.8, 4) is 0 Å². The van der Waals surface area contributed by atoms with Crippen LogP contribution in [0.5, 0.6) is 0 Å². The maximum Gasteiger partial charge on any atom is 0.322 e. The average Bonchev–Trinajstić information content (AvgIpc) is 2.59. The normalized spacial score (nSPS) is 12.5. The molecule has 1 aromatic rings. The molecule has 78 valence electrons. The molecule has 0 bridgehead atoms. The van der Waals surface area contributed by atoms with Crippen molar-refractivity contribution in [1.29, 1.82) is 0 Å². The monoisotopic (exact) mass is 261 g/mol. The second kappa shape index (κ2) is 5.17. The molecule has 0 fully saturated rings. The van der Waals surface area contributed by atoms with Gasteiger partial charge in [0.2, 0.25) is 0 Å². The third kappa shape index (κ3) is 2.85. The zero-order valence-corrected chi connectivity index (χ0v) is 9.63. The van der Waals surface area contributed by atoms with Gasteiger partial charge in [-0.25, -0.2) is 0 Å². The molecular weight excluding hydrogens is 250 g/mol. The summed E-state index contributed by atoms with van der Waals surface area (Å²) in [5, 5.41) is 2.98. The highest BCUT2D eigenvalue weighted by atomic mass is 79.9. The molecule has 5 heteroatoms. The third-order valence-corrected chi connectivity index (χ3v) is 2.52. The quantitative estimate of drug-likeness (QED) is 0.839. The first kappa shape index (κ1) is 11.3. The van der Waals surface area contributed by atoms with Gasteiger partial charge in [0.25, 0.3) is 0 Å². The van der Waals surface area contributed by atoms with Crippen LogP contribution in [-0.4, -0.2) is 19.1 Å². The van der Waals surface area contributed by atoms with Crippen LogP contribution in [0.25, 0.3) is 0 Å². The van der Waals surface area contributed by atoms with Gasteiger partial charge in [-0.1, -0.05) is 0 Å². The van der Waals surface area contributed by atoms with E-state index >= 15 is 0 Å². The summed E-state index contributed by atoms with van der Waals surface area (Å²) >= 11 is 3.32. The maximum absolute atomic E-state index is 11.0. The molecule has 1 rings (SSSR count). The van der Waals surface area contributed by atoms with Crippen molar-refractivity contribution in [1.82, 2.24) is 5.32 Å². The van der Waals surface area contributed by atoms with Crippen molar-refractivity contribution in [2.45, 2.75) is 19.5 Å². The molecule has 0 aliphatic heterocycles. The van der Waals surface area contributed by atoms with Crippen LogP contribution in [0.1, 0.15) is 12.7 Å². The van der Waals surface area contributed by atoms with E-state index in [2.05, 4.69) is 26.0 Å². The molecule has 0 saturated carbocycles. The molecule has 0 spiro atoms. The van der Waals surface area contributed by atoms with E-state index in [9.17, 15) is 4.79 Å². The molecule has 1 aromatic heterocycles. The Bertz CT molecular complexity index is 311. The van der Waals surface area contributed by atoms with E-state index in [0.29, 0.717) is 6.54 Å². The van der Waals surface area contributed by atoms with Gasteiger partial charge < -0.3 is 9.15 Å².